The fraction of sp³-hybridized carbons (Fsp3) is 1.00. The minimum absolute atomic E-state index is 0.482. The molecule has 2 aliphatic heterocycles. The smallest absolute Gasteiger partial charge is 0.0624 e. The van der Waals surface area contributed by atoms with Crippen molar-refractivity contribution < 1.29 is 4.74 Å². The maximum atomic E-state index is 6.01. The van der Waals surface area contributed by atoms with Crippen molar-refractivity contribution in [2.75, 3.05) is 0 Å². The highest BCUT2D eigenvalue weighted by molar-refractivity contribution is 4.98. The molecule has 1 aliphatic carbocycles. The Hall–Kier alpha value is -0.120. The molecule has 0 spiro atoms. The van der Waals surface area contributed by atoms with Crippen LogP contribution in [0.15, 0.2) is 0 Å². The van der Waals surface area contributed by atoms with E-state index in [2.05, 4.69) is 19.3 Å². The van der Waals surface area contributed by atoms with Crippen molar-refractivity contribution in [1.29, 1.82) is 0 Å². The lowest BCUT2D eigenvalue weighted by molar-refractivity contribution is 0.0684. The van der Waals surface area contributed by atoms with E-state index >= 15 is 0 Å². The lowest BCUT2D eigenvalue weighted by atomic mass is 9.69. The van der Waals surface area contributed by atoms with Gasteiger partial charge in [0.15, 0.2) is 0 Å². The normalized spacial score (nSPS) is 49.5. The number of hydrazine groups is 1. The van der Waals surface area contributed by atoms with Gasteiger partial charge in [-0.15, -0.1) is 0 Å². The first-order chi connectivity index (χ1) is 8.69. The van der Waals surface area contributed by atoms with Crippen molar-refractivity contribution in [3.8, 4) is 0 Å². The van der Waals surface area contributed by atoms with Gasteiger partial charge < -0.3 is 4.74 Å². The Morgan fingerprint density at radius 2 is 1.89 bits per heavy atom. The second-order valence-corrected chi connectivity index (χ2v) is 6.99. The van der Waals surface area contributed by atoms with Crippen molar-refractivity contribution in [3.05, 3.63) is 0 Å². The number of hydrogen-bond donors (Lipinski definition) is 2. The third-order valence-electron chi connectivity index (χ3n) is 5.95. The number of hydrogen-bond acceptors (Lipinski definition) is 3. The Labute approximate surface area is 111 Å². The second kappa shape index (κ2) is 5.10. The Morgan fingerprint density at radius 3 is 2.44 bits per heavy atom. The topological polar surface area (TPSA) is 47.3 Å². The molecule has 1 saturated carbocycles. The van der Waals surface area contributed by atoms with Crippen molar-refractivity contribution in [1.82, 2.24) is 5.43 Å². The number of nitrogens with one attached hydrogen (secondary N) is 1. The van der Waals surface area contributed by atoms with Gasteiger partial charge in [-0.2, -0.15) is 0 Å². The molecule has 0 amide bonds. The van der Waals surface area contributed by atoms with Crippen LogP contribution in [0.4, 0.5) is 0 Å². The molecule has 0 aromatic carbocycles. The predicted octanol–water partition coefficient (Wildman–Crippen LogP) is 2.46. The van der Waals surface area contributed by atoms with Crippen LogP contribution in [0.2, 0.25) is 0 Å². The molecule has 3 fully saturated rings. The fourth-order valence-electron chi connectivity index (χ4n) is 4.58. The third kappa shape index (κ3) is 2.21. The van der Waals surface area contributed by atoms with Gasteiger partial charge in [-0.1, -0.05) is 20.3 Å². The van der Waals surface area contributed by atoms with Crippen molar-refractivity contribution in [2.24, 2.45) is 29.5 Å². The summed E-state index contributed by atoms with van der Waals surface area (Å²) in [6.07, 6.45) is 8.84. The molecule has 7 atom stereocenters. The van der Waals surface area contributed by atoms with E-state index in [1.165, 1.54) is 38.5 Å². The Balaban J connectivity index is 1.65. The van der Waals surface area contributed by atoms with Gasteiger partial charge in [-0.25, -0.2) is 0 Å². The Kier molecular flexibility index (Phi) is 3.65. The molecule has 2 saturated heterocycles. The third-order valence-corrected chi connectivity index (χ3v) is 5.95. The average Bonchev–Trinajstić information content (AvgIpc) is 2.97. The van der Waals surface area contributed by atoms with E-state index in [0.29, 0.717) is 24.2 Å². The van der Waals surface area contributed by atoms with Gasteiger partial charge in [0.25, 0.3) is 0 Å². The van der Waals surface area contributed by atoms with Crippen molar-refractivity contribution >= 4 is 0 Å². The monoisotopic (exact) mass is 252 g/mol. The predicted molar refractivity (Wildman–Crippen MR) is 72.8 cm³/mol. The summed E-state index contributed by atoms with van der Waals surface area (Å²) in [6.45, 7) is 4.80. The first-order valence-electron chi connectivity index (χ1n) is 7.80. The quantitative estimate of drug-likeness (QED) is 0.599. The second-order valence-electron chi connectivity index (χ2n) is 6.99. The molecular weight excluding hydrogens is 224 g/mol. The lowest BCUT2D eigenvalue weighted by Crippen LogP contribution is -2.50. The molecule has 3 rings (SSSR count). The summed E-state index contributed by atoms with van der Waals surface area (Å²) in [5.41, 5.74) is 3.15. The van der Waals surface area contributed by atoms with Crippen LogP contribution in [0.5, 0.6) is 0 Å². The molecular formula is C15H28N2O. The van der Waals surface area contributed by atoms with Gasteiger partial charge in [-0.05, 0) is 49.9 Å². The highest BCUT2D eigenvalue weighted by atomic mass is 16.5. The molecule has 3 aliphatic rings. The summed E-state index contributed by atoms with van der Waals surface area (Å²) in [7, 11) is 0. The molecule has 0 aromatic rings. The first kappa shape index (κ1) is 12.9. The maximum Gasteiger partial charge on any atom is 0.0624 e. The van der Waals surface area contributed by atoms with Crippen LogP contribution in [0.1, 0.15) is 52.4 Å². The summed E-state index contributed by atoms with van der Waals surface area (Å²) in [5.74, 6) is 9.05. The van der Waals surface area contributed by atoms with Gasteiger partial charge in [0.1, 0.15) is 0 Å². The van der Waals surface area contributed by atoms with Crippen LogP contribution < -0.4 is 11.3 Å². The van der Waals surface area contributed by atoms with E-state index in [1.807, 2.05) is 0 Å². The lowest BCUT2D eigenvalue weighted by Gasteiger charge is -2.40. The van der Waals surface area contributed by atoms with E-state index in [4.69, 9.17) is 10.6 Å². The van der Waals surface area contributed by atoms with Gasteiger partial charge in [0.05, 0.1) is 12.2 Å². The summed E-state index contributed by atoms with van der Waals surface area (Å²) in [4.78, 5) is 0. The average molecular weight is 252 g/mol. The summed E-state index contributed by atoms with van der Waals surface area (Å²) in [5, 5.41) is 0. The van der Waals surface area contributed by atoms with Gasteiger partial charge in [-0.3, -0.25) is 11.3 Å². The minimum Gasteiger partial charge on any atom is -0.375 e. The zero-order valence-corrected chi connectivity index (χ0v) is 11.8. The SMILES string of the molecule is CC1CCC(C(NN)C2CC3CCC2O3)CC1C. The summed E-state index contributed by atoms with van der Waals surface area (Å²) >= 11 is 0. The number of fused-ring (bicyclic) bond motifs is 2. The Morgan fingerprint density at radius 1 is 1.06 bits per heavy atom. The molecule has 104 valence electrons. The van der Waals surface area contributed by atoms with Gasteiger partial charge in [0, 0.05) is 12.0 Å². The number of rotatable bonds is 3. The molecule has 0 aromatic heterocycles. The molecule has 2 heterocycles. The zero-order valence-electron chi connectivity index (χ0n) is 11.8. The van der Waals surface area contributed by atoms with Crippen LogP contribution in [-0.2, 0) is 4.74 Å². The van der Waals surface area contributed by atoms with Crippen LogP contribution in [0, 0.1) is 23.7 Å². The molecule has 0 radical (unpaired) electrons. The molecule has 7 unspecified atom stereocenters. The first-order valence-corrected chi connectivity index (χ1v) is 7.80. The van der Waals surface area contributed by atoms with E-state index in [0.717, 1.165) is 17.8 Å². The maximum absolute atomic E-state index is 6.01. The Bertz CT molecular complexity index is 296. The number of ether oxygens (including phenoxy) is 1. The van der Waals surface area contributed by atoms with Crippen LogP contribution >= 0.6 is 0 Å². The number of nitrogens with two attached hydrogens (primary N) is 1. The van der Waals surface area contributed by atoms with Crippen LogP contribution in [0.25, 0.3) is 0 Å². The van der Waals surface area contributed by atoms with E-state index < -0.39 is 0 Å². The molecule has 2 bridgehead atoms. The highest BCUT2D eigenvalue weighted by Gasteiger charge is 2.46. The van der Waals surface area contributed by atoms with E-state index in [9.17, 15) is 0 Å². The van der Waals surface area contributed by atoms with E-state index in [-0.39, 0.29) is 0 Å². The fourth-order valence-corrected chi connectivity index (χ4v) is 4.58. The molecule has 18 heavy (non-hydrogen) atoms. The van der Waals surface area contributed by atoms with Gasteiger partial charge in [0.2, 0.25) is 0 Å². The molecule has 3 nitrogen and oxygen atoms in total. The standard InChI is InChI=1S/C15H28N2O/c1-9-3-4-11(7-10(9)2)15(17-16)13-8-12-5-6-14(13)18-12/h9-15,17H,3-8,16H2,1-2H3. The molecule has 3 N–H and O–H groups in total. The zero-order chi connectivity index (χ0) is 12.7. The van der Waals surface area contributed by atoms with Crippen molar-refractivity contribution in [2.45, 2.75) is 70.6 Å². The van der Waals surface area contributed by atoms with Crippen LogP contribution in [-0.4, -0.2) is 18.2 Å². The van der Waals surface area contributed by atoms with Crippen molar-refractivity contribution in [3.63, 3.8) is 0 Å². The summed E-state index contributed by atoms with van der Waals surface area (Å²) in [6, 6.07) is 0.482. The van der Waals surface area contributed by atoms with E-state index in [1.54, 1.807) is 0 Å². The van der Waals surface area contributed by atoms with Crippen LogP contribution in [0.3, 0.4) is 0 Å². The summed E-state index contributed by atoms with van der Waals surface area (Å²) < 4.78 is 6.01. The minimum atomic E-state index is 0.482. The highest BCUT2D eigenvalue weighted by Crippen LogP contribution is 2.45. The van der Waals surface area contributed by atoms with Gasteiger partial charge >= 0.3 is 0 Å². The molecule has 3 heteroatoms. The largest absolute Gasteiger partial charge is 0.375 e.